The zero-order chi connectivity index (χ0) is 27.4. The molecule has 6 rings (SSSR count). The Balaban J connectivity index is 1.44. The monoisotopic (exact) mass is 517 g/mol. The number of aryl methyl sites for hydroxylation is 2. The van der Waals surface area contributed by atoms with Crippen molar-refractivity contribution in [2.24, 2.45) is 0 Å². The fraction of sp³-hybridized carbons (Fsp3) is 0.0526. The van der Waals surface area contributed by atoms with Gasteiger partial charge >= 0.3 is 0 Å². The van der Waals surface area contributed by atoms with E-state index in [0.717, 1.165) is 11.4 Å². The van der Waals surface area contributed by atoms with Crippen LogP contribution >= 0.6 is 0 Å². The molecule has 2 heteroatoms. The number of para-hydroxylation sites is 2. The summed E-state index contributed by atoms with van der Waals surface area (Å²) < 4.78 is 0.502. The van der Waals surface area contributed by atoms with E-state index in [1.54, 1.807) is 0 Å². The van der Waals surface area contributed by atoms with Gasteiger partial charge in [0.2, 0.25) is 0 Å². The van der Waals surface area contributed by atoms with Crippen LogP contribution in [0, 0.1) is 13.8 Å². The first-order valence-electron chi connectivity index (χ1n) is 13.8. The van der Waals surface area contributed by atoms with Gasteiger partial charge in [-0.2, -0.15) is 4.48 Å². The standard InChI is InChI=1S/C38H33N2/c1-29-13-23-36(24-14-29)40(35-11-7-4-8-12-35,37-25-15-30(2)16-26-37)38-27-19-32(20-28-38)31-17-21-34(22-18-31)39-33-9-5-3-6-10-33/h3-28,39H,1-2H3/q+1. The highest BCUT2D eigenvalue weighted by Crippen LogP contribution is 2.51. The SMILES string of the molecule is Cc1ccc([N+](c2ccccc2)(c2ccc(C)cc2)c2ccc(-c3ccc(Nc4ccccc4)cc3)cc2)cc1. The van der Waals surface area contributed by atoms with Crippen molar-refractivity contribution in [2.75, 3.05) is 5.32 Å². The maximum Gasteiger partial charge on any atom is 0.148 e. The van der Waals surface area contributed by atoms with Crippen LogP contribution in [0.4, 0.5) is 34.1 Å². The Morgan fingerprint density at radius 1 is 0.350 bits per heavy atom. The number of benzene rings is 6. The molecule has 0 aliphatic rings. The molecule has 6 aromatic carbocycles. The Bertz CT molecular complexity index is 1620. The maximum absolute atomic E-state index is 3.47. The molecule has 0 aliphatic carbocycles. The average molecular weight is 518 g/mol. The summed E-state index contributed by atoms with van der Waals surface area (Å²) in [6, 6.07) is 56.6. The number of rotatable bonds is 7. The molecule has 0 radical (unpaired) electrons. The molecular weight excluding hydrogens is 484 g/mol. The van der Waals surface area contributed by atoms with Crippen molar-refractivity contribution in [1.29, 1.82) is 0 Å². The third-order valence-corrected chi connectivity index (χ3v) is 7.52. The summed E-state index contributed by atoms with van der Waals surface area (Å²) in [4.78, 5) is 0. The van der Waals surface area contributed by atoms with E-state index in [0.29, 0.717) is 4.48 Å². The molecule has 0 fully saturated rings. The summed E-state index contributed by atoms with van der Waals surface area (Å²) >= 11 is 0. The van der Waals surface area contributed by atoms with E-state index in [9.17, 15) is 0 Å². The molecule has 2 nitrogen and oxygen atoms in total. The molecule has 0 saturated carbocycles. The summed E-state index contributed by atoms with van der Waals surface area (Å²) in [6.07, 6.45) is 0. The molecule has 194 valence electrons. The topological polar surface area (TPSA) is 12.0 Å². The van der Waals surface area contributed by atoms with E-state index in [1.807, 2.05) is 18.2 Å². The molecule has 0 aliphatic heterocycles. The highest BCUT2D eigenvalue weighted by Gasteiger charge is 2.39. The third-order valence-electron chi connectivity index (χ3n) is 7.52. The Kier molecular flexibility index (Phi) is 7.01. The fourth-order valence-electron chi connectivity index (χ4n) is 5.39. The van der Waals surface area contributed by atoms with E-state index < -0.39 is 0 Å². The maximum atomic E-state index is 3.47. The van der Waals surface area contributed by atoms with Crippen molar-refractivity contribution in [3.05, 3.63) is 169 Å². The molecular formula is C38H33N2+. The van der Waals surface area contributed by atoms with Crippen LogP contribution in [-0.4, -0.2) is 0 Å². The molecule has 40 heavy (non-hydrogen) atoms. The van der Waals surface area contributed by atoms with E-state index in [4.69, 9.17) is 0 Å². The number of hydrogen-bond donors (Lipinski definition) is 1. The van der Waals surface area contributed by atoms with Crippen LogP contribution in [0.2, 0.25) is 0 Å². The lowest BCUT2D eigenvalue weighted by molar-refractivity contribution is 0.703. The van der Waals surface area contributed by atoms with E-state index in [2.05, 4.69) is 159 Å². The Labute approximate surface area is 237 Å². The Morgan fingerprint density at radius 2 is 0.700 bits per heavy atom. The van der Waals surface area contributed by atoms with Gasteiger partial charge in [-0.3, -0.25) is 0 Å². The van der Waals surface area contributed by atoms with Crippen molar-refractivity contribution in [1.82, 2.24) is 4.48 Å². The van der Waals surface area contributed by atoms with Crippen LogP contribution in [0.5, 0.6) is 0 Å². The van der Waals surface area contributed by atoms with Crippen molar-refractivity contribution in [3.8, 4) is 11.1 Å². The van der Waals surface area contributed by atoms with Gasteiger partial charge in [-0.1, -0.05) is 83.9 Å². The minimum absolute atomic E-state index is 0.502. The number of hydrogen-bond acceptors (Lipinski definition) is 1. The molecule has 0 bridgehead atoms. The Morgan fingerprint density at radius 3 is 1.18 bits per heavy atom. The summed E-state index contributed by atoms with van der Waals surface area (Å²) in [5, 5.41) is 3.47. The minimum Gasteiger partial charge on any atom is -0.356 e. The lowest BCUT2D eigenvalue weighted by atomic mass is 10.0. The van der Waals surface area contributed by atoms with E-state index in [-0.39, 0.29) is 0 Å². The average Bonchev–Trinajstić information content (AvgIpc) is 3.01. The van der Waals surface area contributed by atoms with Crippen molar-refractivity contribution in [2.45, 2.75) is 13.8 Å². The van der Waals surface area contributed by atoms with Gasteiger partial charge in [-0.15, -0.1) is 0 Å². The van der Waals surface area contributed by atoms with Gasteiger partial charge in [0.1, 0.15) is 22.7 Å². The number of nitrogens with one attached hydrogen (secondary N) is 1. The van der Waals surface area contributed by atoms with Crippen molar-refractivity contribution < 1.29 is 0 Å². The van der Waals surface area contributed by atoms with Gasteiger partial charge in [0.25, 0.3) is 0 Å². The highest BCUT2D eigenvalue weighted by atomic mass is 15.4. The van der Waals surface area contributed by atoms with Gasteiger partial charge in [0.15, 0.2) is 0 Å². The van der Waals surface area contributed by atoms with Crippen molar-refractivity contribution >= 4 is 34.1 Å². The Hall–Kier alpha value is -4.92. The van der Waals surface area contributed by atoms with Gasteiger partial charge in [0.05, 0.1) is 0 Å². The van der Waals surface area contributed by atoms with Crippen molar-refractivity contribution in [3.63, 3.8) is 0 Å². The third kappa shape index (κ3) is 4.93. The lowest BCUT2D eigenvalue weighted by Gasteiger charge is -2.37. The summed E-state index contributed by atoms with van der Waals surface area (Å²) in [7, 11) is 0. The second-order valence-corrected chi connectivity index (χ2v) is 10.3. The number of quaternary nitrogens is 1. The largest absolute Gasteiger partial charge is 0.356 e. The van der Waals surface area contributed by atoms with Crippen LogP contribution in [-0.2, 0) is 0 Å². The second kappa shape index (κ2) is 11.1. The van der Waals surface area contributed by atoms with Crippen LogP contribution in [0.3, 0.4) is 0 Å². The zero-order valence-electron chi connectivity index (χ0n) is 23.0. The summed E-state index contributed by atoms with van der Waals surface area (Å²) in [5.74, 6) is 0. The molecule has 6 aromatic rings. The predicted molar refractivity (Wildman–Crippen MR) is 171 cm³/mol. The molecule has 0 saturated heterocycles. The van der Waals surface area contributed by atoms with Gasteiger partial charge < -0.3 is 5.32 Å². The molecule has 0 heterocycles. The first-order valence-corrected chi connectivity index (χ1v) is 13.8. The normalized spacial score (nSPS) is 11.2. The molecule has 0 aromatic heterocycles. The number of anilines is 2. The molecule has 0 spiro atoms. The van der Waals surface area contributed by atoms with Gasteiger partial charge in [-0.25, -0.2) is 0 Å². The van der Waals surface area contributed by atoms with Crippen LogP contribution in [0.15, 0.2) is 158 Å². The summed E-state index contributed by atoms with van der Waals surface area (Å²) in [6.45, 7) is 4.28. The fourth-order valence-corrected chi connectivity index (χ4v) is 5.39. The van der Waals surface area contributed by atoms with Gasteiger partial charge in [-0.05, 0) is 61.4 Å². The van der Waals surface area contributed by atoms with Crippen LogP contribution in [0.1, 0.15) is 11.1 Å². The van der Waals surface area contributed by atoms with Crippen LogP contribution < -0.4 is 9.80 Å². The molecule has 1 N–H and O–H groups in total. The lowest BCUT2D eigenvalue weighted by Crippen LogP contribution is -2.33. The quantitative estimate of drug-likeness (QED) is 0.208. The molecule has 0 atom stereocenters. The first kappa shape index (κ1) is 25.4. The smallest absolute Gasteiger partial charge is 0.148 e. The molecule has 0 unspecified atom stereocenters. The predicted octanol–water partition coefficient (Wildman–Crippen LogP) is 11.0. The first-order chi connectivity index (χ1) is 19.6. The summed E-state index contributed by atoms with van der Waals surface area (Å²) in [5.41, 5.74) is 11.8. The minimum atomic E-state index is 0.502. The second-order valence-electron chi connectivity index (χ2n) is 10.3. The van der Waals surface area contributed by atoms with E-state index in [1.165, 1.54) is 45.0 Å². The highest BCUT2D eigenvalue weighted by molar-refractivity contribution is 5.83. The van der Waals surface area contributed by atoms with E-state index >= 15 is 0 Å². The van der Waals surface area contributed by atoms with Gasteiger partial charge in [0, 0.05) is 59.9 Å². The van der Waals surface area contributed by atoms with Crippen LogP contribution in [0.25, 0.3) is 11.1 Å². The number of nitrogens with zero attached hydrogens (tertiary/aromatic N) is 1. The molecule has 0 amide bonds. The zero-order valence-corrected chi connectivity index (χ0v) is 23.0.